The van der Waals surface area contributed by atoms with Gasteiger partial charge in [-0.15, -0.1) is 0 Å². The first-order chi connectivity index (χ1) is 17.1. The monoisotopic (exact) mass is 535 g/mol. The Kier molecular flexibility index (Phi) is 8.05. The lowest BCUT2D eigenvalue weighted by Crippen LogP contribution is -2.45. The Morgan fingerprint density at radius 2 is 1.64 bits per heavy atom. The summed E-state index contributed by atoms with van der Waals surface area (Å²) in [6, 6.07) is 10.1. The number of benzene rings is 2. The van der Waals surface area contributed by atoms with Gasteiger partial charge in [-0.3, -0.25) is 9.59 Å². The lowest BCUT2D eigenvalue weighted by atomic mass is 9.93. The van der Waals surface area contributed by atoms with Gasteiger partial charge in [0, 0.05) is 52.0 Å². The summed E-state index contributed by atoms with van der Waals surface area (Å²) >= 11 is 12.4. The molecule has 2 atom stereocenters. The topological polar surface area (TPSA) is 70.2 Å². The molecule has 2 saturated heterocycles. The molecule has 3 amide bonds. The molecule has 2 fully saturated rings. The van der Waals surface area contributed by atoms with Gasteiger partial charge in [0.05, 0.1) is 16.1 Å². The average Bonchev–Trinajstić information content (AvgIpc) is 3.31. The van der Waals surface area contributed by atoms with Crippen molar-refractivity contribution >= 4 is 41.1 Å². The van der Waals surface area contributed by atoms with Crippen molar-refractivity contribution in [2.24, 2.45) is 5.92 Å². The lowest BCUT2D eigenvalue weighted by molar-refractivity contribution is -0.139. The van der Waals surface area contributed by atoms with Crippen LogP contribution in [0, 0.1) is 11.7 Å². The van der Waals surface area contributed by atoms with Crippen LogP contribution in [0.3, 0.4) is 0 Å². The van der Waals surface area contributed by atoms with E-state index in [4.69, 9.17) is 27.9 Å². The van der Waals surface area contributed by atoms with E-state index in [1.807, 2.05) is 6.07 Å². The van der Waals surface area contributed by atoms with E-state index in [-0.39, 0.29) is 35.4 Å². The van der Waals surface area contributed by atoms with Crippen molar-refractivity contribution in [3.8, 4) is 5.75 Å². The first kappa shape index (κ1) is 26.2. The SMILES string of the molecule is CC(=O)N1CCC(C(=O)N2CC(c3ccc(Cl)c(Cl)c3)C(N(C)C(=O)Oc3ccc(F)cc3)C2)CC1. The van der Waals surface area contributed by atoms with Crippen molar-refractivity contribution in [1.82, 2.24) is 14.7 Å². The highest BCUT2D eigenvalue weighted by Gasteiger charge is 2.42. The lowest BCUT2D eigenvalue weighted by Gasteiger charge is -2.32. The summed E-state index contributed by atoms with van der Waals surface area (Å²) in [7, 11) is 1.63. The number of hydrogen-bond donors (Lipinski definition) is 0. The normalized spacial score (nSPS) is 20.4. The van der Waals surface area contributed by atoms with E-state index in [0.717, 1.165) is 5.56 Å². The van der Waals surface area contributed by atoms with Crippen molar-refractivity contribution in [2.45, 2.75) is 31.7 Å². The summed E-state index contributed by atoms with van der Waals surface area (Å²) < 4.78 is 18.7. The van der Waals surface area contributed by atoms with Gasteiger partial charge >= 0.3 is 6.09 Å². The Labute approximate surface area is 219 Å². The highest BCUT2D eigenvalue weighted by molar-refractivity contribution is 6.42. The fraction of sp³-hybridized carbons (Fsp3) is 0.423. The van der Waals surface area contributed by atoms with E-state index in [0.29, 0.717) is 49.1 Å². The first-order valence-electron chi connectivity index (χ1n) is 11.8. The molecule has 192 valence electrons. The van der Waals surface area contributed by atoms with Crippen LogP contribution in [0.15, 0.2) is 42.5 Å². The van der Waals surface area contributed by atoms with Gasteiger partial charge in [0.2, 0.25) is 11.8 Å². The molecule has 0 aliphatic carbocycles. The fourth-order valence-electron chi connectivity index (χ4n) is 4.94. The predicted octanol–water partition coefficient (Wildman–Crippen LogP) is 4.82. The van der Waals surface area contributed by atoms with E-state index in [1.54, 1.807) is 29.0 Å². The van der Waals surface area contributed by atoms with Crippen LogP contribution in [0.2, 0.25) is 10.0 Å². The van der Waals surface area contributed by atoms with Crippen LogP contribution in [0.25, 0.3) is 0 Å². The molecule has 0 radical (unpaired) electrons. The zero-order valence-electron chi connectivity index (χ0n) is 20.1. The molecule has 36 heavy (non-hydrogen) atoms. The zero-order valence-corrected chi connectivity index (χ0v) is 21.6. The largest absolute Gasteiger partial charge is 0.415 e. The molecule has 0 spiro atoms. The number of carbonyl (C=O) groups is 3. The van der Waals surface area contributed by atoms with Gasteiger partial charge in [-0.1, -0.05) is 29.3 Å². The molecule has 0 aromatic heterocycles. The number of nitrogens with zero attached hydrogens (tertiary/aromatic N) is 3. The van der Waals surface area contributed by atoms with Crippen molar-refractivity contribution in [1.29, 1.82) is 0 Å². The molecule has 2 aromatic carbocycles. The number of rotatable bonds is 4. The summed E-state index contributed by atoms with van der Waals surface area (Å²) in [6.45, 7) is 3.39. The second kappa shape index (κ2) is 11.0. The molecule has 0 bridgehead atoms. The Balaban J connectivity index is 1.52. The van der Waals surface area contributed by atoms with Gasteiger partial charge in [-0.2, -0.15) is 0 Å². The Hall–Kier alpha value is -2.84. The molecular weight excluding hydrogens is 508 g/mol. The van der Waals surface area contributed by atoms with Crippen LogP contribution in [-0.2, 0) is 9.59 Å². The maximum atomic E-state index is 13.4. The number of likely N-dealkylation sites (N-methyl/N-ethyl adjacent to an activating group) is 1. The number of carbonyl (C=O) groups excluding carboxylic acids is 3. The molecule has 2 aliphatic rings. The van der Waals surface area contributed by atoms with E-state index in [9.17, 15) is 18.8 Å². The van der Waals surface area contributed by atoms with E-state index >= 15 is 0 Å². The third kappa shape index (κ3) is 5.76. The van der Waals surface area contributed by atoms with Crippen molar-refractivity contribution in [2.75, 3.05) is 33.2 Å². The number of halogens is 3. The predicted molar refractivity (Wildman–Crippen MR) is 135 cm³/mol. The number of amides is 3. The number of piperidine rings is 1. The van der Waals surface area contributed by atoms with E-state index in [2.05, 4.69) is 0 Å². The second-order valence-electron chi connectivity index (χ2n) is 9.30. The van der Waals surface area contributed by atoms with E-state index in [1.165, 1.54) is 36.1 Å². The third-order valence-electron chi connectivity index (χ3n) is 7.07. The molecule has 7 nitrogen and oxygen atoms in total. The first-order valence-corrected chi connectivity index (χ1v) is 12.6. The number of ether oxygens (including phenoxy) is 1. The van der Waals surface area contributed by atoms with Gasteiger partial charge in [0.25, 0.3) is 0 Å². The minimum atomic E-state index is -0.610. The molecule has 2 unspecified atom stereocenters. The second-order valence-corrected chi connectivity index (χ2v) is 10.1. The van der Waals surface area contributed by atoms with Crippen molar-refractivity contribution in [3.05, 3.63) is 63.9 Å². The van der Waals surface area contributed by atoms with Crippen LogP contribution in [0.4, 0.5) is 9.18 Å². The third-order valence-corrected chi connectivity index (χ3v) is 7.81. The van der Waals surface area contributed by atoms with Gasteiger partial charge in [-0.05, 0) is 54.8 Å². The summed E-state index contributed by atoms with van der Waals surface area (Å²) in [6.07, 6.45) is 0.611. The summed E-state index contributed by atoms with van der Waals surface area (Å²) in [5, 5.41) is 0.815. The van der Waals surface area contributed by atoms with Crippen LogP contribution in [-0.4, -0.2) is 71.9 Å². The number of likely N-dealkylation sites (tertiary alicyclic amines) is 2. The minimum absolute atomic E-state index is 0.0168. The number of hydrogen-bond acceptors (Lipinski definition) is 4. The molecular formula is C26H28Cl2FN3O4. The molecule has 2 heterocycles. The van der Waals surface area contributed by atoms with Crippen LogP contribution in [0.1, 0.15) is 31.2 Å². The molecule has 0 N–H and O–H groups in total. The Morgan fingerprint density at radius 1 is 0.972 bits per heavy atom. The maximum Gasteiger partial charge on any atom is 0.415 e. The van der Waals surface area contributed by atoms with Crippen molar-refractivity contribution < 1.29 is 23.5 Å². The standard InChI is InChI=1S/C26H28Cl2FN3O4/c1-16(33)31-11-9-17(10-12-31)25(34)32-14-21(18-3-8-22(27)23(28)13-18)24(15-32)30(2)26(35)36-20-6-4-19(29)5-7-20/h3-8,13,17,21,24H,9-12,14-15H2,1-2H3. The fourth-order valence-corrected chi connectivity index (χ4v) is 5.25. The maximum absolute atomic E-state index is 13.4. The highest BCUT2D eigenvalue weighted by Crippen LogP contribution is 2.36. The molecule has 2 aromatic rings. The Morgan fingerprint density at radius 3 is 2.25 bits per heavy atom. The van der Waals surface area contributed by atoms with Crippen molar-refractivity contribution in [3.63, 3.8) is 0 Å². The summed E-state index contributed by atoms with van der Waals surface area (Å²) in [5.41, 5.74) is 0.859. The highest BCUT2D eigenvalue weighted by atomic mass is 35.5. The molecule has 4 rings (SSSR count). The van der Waals surface area contributed by atoms with Crippen LogP contribution in [0.5, 0.6) is 5.75 Å². The quantitative estimate of drug-likeness (QED) is 0.562. The molecule has 10 heteroatoms. The van der Waals surface area contributed by atoms with Crippen LogP contribution < -0.4 is 4.74 Å². The van der Waals surface area contributed by atoms with Gasteiger partial charge < -0.3 is 19.4 Å². The molecule has 0 saturated carbocycles. The Bertz CT molecular complexity index is 1140. The summed E-state index contributed by atoms with van der Waals surface area (Å²) in [4.78, 5) is 43.1. The van der Waals surface area contributed by atoms with Gasteiger partial charge in [0.1, 0.15) is 11.6 Å². The minimum Gasteiger partial charge on any atom is -0.410 e. The smallest absolute Gasteiger partial charge is 0.410 e. The van der Waals surface area contributed by atoms with Crippen LogP contribution >= 0.6 is 23.2 Å². The van der Waals surface area contributed by atoms with E-state index < -0.39 is 11.9 Å². The van der Waals surface area contributed by atoms with Gasteiger partial charge in [-0.25, -0.2) is 9.18 Å². The average molecular weight is 536 g/mol. The van der Waals surface area contributed by atoms with Gasteiger partial charge in [0.15, 0.2) is 0 Å². The summed E-state index contributed by atoms with van der Waals surface area (Å²) in [5.74, 6) is -0.560. The molecule has 2 aliphatic heterocycles. The zero-order chi connectivity index (χ0) is 26.0.